The summed E-state index contributed by atoms with van der Waals surface area (Å²) in [6.07, 6.45) is 2.13. The predicted octanol–water partition coefficient (Wildman–Crippen LogP) is 2.21. The summed E-state index contributed by atoms with van der Waals surface area (Å²) in [4.78, 5) is 2.28. The van der Waals surface area contributed by atoms with Gasteiger partial charge in [0, 0.05) is 12.5 Å². The SMILES string of the molecule is CCC(CN)C(c1ccc2c(c1)CCO2)N(C)C. The van der Waals surface area contributed by atoms with Gasteiger partial charge in [0.2, 0.25) is 0 Å². The highest BCUT2D eigenvalue weighted by Crippen LogP contribution is 2.33. The van der Waals surface area contributed by atoms with Gasteiger partial charge in [0.25, 0.3) is 0 Å². The fraction of sp³-hybridized carbons (Fsp3) is 0.600. The van der Waals surface area contributed by atoms with Crippen LogP contribution < -0.4 is 10.5 Å². The van der Waals surface area contributed by atoms with Crippen molar-refractivity contribution in [3.63, 3.8) is 0 Å². The van der Waals surface area contributed by atoms with Gasteiger partial charge in [-0.15, -0.1) is 0 Å². The second kappa shape index (κ2) is 5.72. The Balaban J connectivity index is 2.31. The fourth-order valence-electron chi connectivity index (χ4n) is 2.90. The van der Waals surface area contributed by atoms with E-state index in [1.807, 2.05) is 0 Å². The Morgan fingerprint density at radius 2 is 2.17 bits per heavy atom. The topological polar surface area (TPSA) is 38.5 Å². The van der Waals surface area contributed by atoms with E-state index >= 15 is 0 Å². The maximum Gasteiger partial charge on any atom is 0.122 e. The first-order valence-corrected chi connectivity index (χ1v) is 6.79. The summed E-state index contributed by atoms with van der Waals surface area (Å²) in [5, 5.41) is 0. The lowest BCUT2D eigenvalue weighted by molar-refractivity contribution is 0.211. The molecule has 0 fully saturated rings. The second-order valence-corrected chi connectivity index (χ2v) is 5.28. The van der Waals surface area contributed by atoms with Crippen LogP contribution in [0.15, 0.2) is 18.2 Å². The lowest BCUT2D eigenvalue weighted by Gasteiger charge is -2.31. The normalized spacial score (nSPS) is 17.4. The molecule has 0 aliphatic carbocycles. The van der Waals surface area contributed by atoms with Gasteiger partial charge in [-0.1, -0.05) is 25.5 Å². The van der Waals surface area contributed by atoms with Crippen LogP contribution in [0.2, 0.25) is 0 Å². The van der Waals surface area contributed by atoms with Crippen LogP contribution in [-0.2, 0) is 6.42 Å². The number of nitrogens with zero attached hydrogens (tertiary/aromatic N) is 1. The van der Waals surface area contributed by atoms with Gasteiger partial charge < -0.3 is 15.4 Å². The van der Waals surface area contributed by atoms with Crippen LogP contribution in [0.4, 0.5) is 0 Å². The van der Waals surface area contributed by atoms with Crippen LogP contribution in [0.5, 0.6) is 5.75 Å². The highest BCUT2D eigenvalue weighted by atomic mass is 16.5. The molecule has 0 amide bonds. The fourth-order valence-corrected chi connectivity index (χ4v) is 2.90. The van der Waals surface area contributed by atoms with Crippen LogP contribution in [0, 0.1) is 5.92 Å². The molecular formula is C15H24N2O. The maximum atomic E-state index is 5.92. The van der Waals surface area contributed by atoms with Crippen molar-refractivity contribution in [2.24, 2.45) is 11.7 Å². The van der Waals surface area contributed by atoms with Crippen molar-refractivity contribution in [1.82, 2.24) is 4.90 Å². The molecule has 1 heterocycles. The molecule has 1 aromatic carbocycles. The van der Waals surface area contributed by atoms with E-state index in [4.69, 9.17) is 10.5 Å². The van der Waals surface area contributed by atoms with Gasteiger partial charge in [-0.2, -0.15) is 0 Å². The quantitative estimate of drug-likeness (QED) is 0.868. The summed E-state index contributed by atoms with van der Waals surface area (Å²) in [7, 11) is 4.26. The van der Waals surface area contributed by atoms with Gasteiger partial charge in [0.1, 0.15) is 5.75 Å². The minimum Gasteiger partial charge on any atom is -0.493 e. The van der Waals surface area contributed by atoms with Crippen LogP contribution in [0.25, 0.3) is 0 Å². The second-order valence-electron chi connectivity index (χ2n) is 5.28. The number of rotatable bonds is 5. The zero-order valence-electron chi connectivity index (χ0n) is 11.6. The Labute approximate surface area is 110 Å². The van der Waals surface area contributed by atoms with Gasteiger partial charge in [0.15, 0.2) is 0 Å². The summed E-state index contributed by atoms with van der Waals surface area (Å²) >= 11 is 0. The van der Waals surface area contributed by atoms with Gasteiger partial charge >= 0.3 is 0 Å². The van der Waals surface area contributed by atoms with E-state index in [9.17, 15) is 0 Å². The third-order valence-electron chi connectivity index (χ3n) is 3.89. The molecule has 2 N–H and O–H groups in total. The summed E-state index contributed by atoms with van der Waals surface area (Å²) < 4.78 is 5.57. The zero-order valence-corrected chi connectivity index (χ0v) is 11.6. The lowest BCUT2D eigenvalue weighted by atomic mass is 9.89. The van der Waals surface area contributed by atoms with Crippen molar-refractivity contribution in [3.05, 3.63) is 29.3 Å². The van der Waals surface area contributed by atoms with Crippen molar-refractivity contribution in [1.29, 1.82) is 0 Å². The molecule has 1 aliphatic heterocycles. The summed E-state index contributed by atoms with van der Waals surface area (Å²) in [5.41, 5.74) is 8.62. The average Bonchev–Trinajstić information content (AvgIpc) is 2.82. The molecule has 0 saturated carbocycles. The number of benzene rings is 1. The predicted molar refractivity (Wildman–Crippen MR) is 74.9 cm³/mol. The van der Waals surface area contributed by atoms with Crippen LogP contribution in [0.3, 0.4) is 0 Å². The van der Waals surface area contributed by atoms with E-state index in [-0.39, 0.29) is 0 Å². The smallest absolute Gasteiger partial charge is 0.122 e. The monoisotopic (exact) mass is 248 g/mol. The number of fused-ring (bicyclic) bond motifs is 1. The Bertz CT molecular complexity index is 399. The maximum absolute atomic E-state index is 5.92. The molecule has 2 unspecified atom stereocenters. The minimum absolute atomic E-state index is 0.394. The minimum atomic E-state index is 0.394. The standard InChI is InChI=1S/C15H24N2O/c1-4-11(10-16)15(17(2)3)13-5-6-14-12(9-13)7-8-18-14/h5-6,9,11,15H,4,7-8,10,16H2,1-3H3. The number of hydrogen-bond donors (Lipinski definition) is 1. The first kappa shape index (κ1) is 13.4. The van der Waals surface area contributed by atoms with Gasteiger partial charge in [-0.05, 0) is 43.8 Å². The van der Waals surface area contributed by atoms with Crippen molar-refractivity contribution in [3.8, 4) is 5.75 Å². The van der Waals surface area contributed by atoms with Crippen LogP contribution in [0.1, 0.15) is 30.5 Å². The summed E-state index contributed by atoms with van der Waals surface area (Å²) in [5.74, 6) is 1.55. The largest absolute Gasteiger partial charge is 0.493 e. The molecule has 3 nitrogen and oxygen atoms in total. The molecular weight excluding hydrogens is 224 g/mol. The number of hydrogen-bond acceptors (Lipinski definition) is 3. The number of ether oxygens (including phenoxy) is 1. The van der Waals surface area contributed by atoms with Gasteiger partial charge in [-0.25, -0.2) is 0 Å². The molecule has 3 heteroatoms. The van der Waals surface area contributed by atoms with Crippen molar-refractivity contribution < 1.29 is 4.74 Å². The number of nitrogens with two attached hydrogens (primary N) is 1. The van der Waals surface area contributed by atoms with Crippen molar-refractivity contribution in [2.75, 3.05) is 27.2 Å². The average molecular weight is 248 g/mol. The molecule has 0 bridgehead atoms. The summed E-state index contributed by atoms with van der Waals surface area (Å²) in [6.45, 7) is 3.76. The van der Waals surface area contributed by atoms with Gasteiger partial charge in [-0.3, -0.25) is 0 Å². The molecule has 0 spiro atoms. The highest BCUT2D eigenvalue weighted by molar-refractivity contribution is 5.41. The van der Waals surface area contributed by atoms with E-state index < -0.39 is 0 Å². The molecule has 100 valence electrons. The van der Waals surface area contributed by atoms with E-state index in [2.05, 4.69) is 44.1 Å². The van der Waals surface area contributed by atoms with Gasteiger partial charge in [0.05, 0.1) is 6.61 Å². The molecule has 0 radical (unpaired) electrons. The van der Waals surface area contributed by atoms with E-state index in [0.717, 1.165) is 31.7 Å². The first-order chi connectivity index (χ1) is 8.67. The first-order valence-electron chi connectivity index (χ1n) is 6.79. The highest BCUT2D eigenvalue weighted by Gasteiger charge is 2.24. The summed E-state index contributed by atoms with van der Waals surface area (Å²) in [6, 6.07) is 6.99. The van der Waals surface area contributed by atoms with Crippen LogP contribution in [-0.4, -0.2) is 32.1 Å². The lowest BCUT2D eigenvalue weighted by Crippen LogP contribution is -2.31. The Kier molecular flexibility index (Phi) is 4.25. The molecule has 1 aliphatic rings. The van der Waals surface area contributed by atoms with E-state index in [1.165, 1.54) is 11.1 Å². The van der Waals surface area contributed by atoms with E-state index in [1.54, 1.807) is 0 Å². The molecule has 0 saturated heterocycles. The zero-order chi connectivity index (χ0) is 13.1. The van der Waals surface area contributed by atoms with Crippen LogP contribution >= 0.6 is 0 Å². The third-order valence-corrected chi connectivity index (χ3v) is 3.89. The molecule has 0 aromatic heterocycles. The van der Waals surface area contributed by atoms with Crippen molar-refractivity contribution >= 4 is 0 Å². The van der Waals surface area contributed by atoms with E-state index in [0.29, 0.717) is 12.0 Å². The molecule has 1 aromatic rings. The Hall–Kier alpha value is -1.06. The Morgan fingerprint density at radius 1 is 1.39 bits per heavy atom. The molecule has 2 atom stereocenters. The van der Waals surface area contributed by atoms with Crippen molar-refractivity contribution in [2.45, 2.75) is 25.8 Å². The molecule has 2 rings (SSSR count). The Morgan fingerprint density at radius 3 is 2.78 bits per heavy atom. The molecule has 18 heavy (non-hydrogen) atoms. The third kappa shape index (κ3) is 2.52.